The number of carbonyl (C=O) groups excluding carboxylic acids is 1. The minimum Gasteiger partial charge on any atom is -0.346 e. The van der Waals surface area contributed by atoms with Gasteiger partial charge in [0.15, 0.2) is 0 Å². The summed E-state index contributed by atoms with van der Waals surface area (Å²) in [6.45, 7) is -1.54. The molecule has 1 rings (SSSR count). The number of nitrogens with two attached hydrogens (primary N) is 1. The van der Waals surface area contributed by atoms with Crippen LogP contribution in [0.15, 0.2) is 28.7 Å². The Morgan fingerprint density at radius 3 is 2.75 bits per heavy atom. The van der Waals surface area contributed by atoms with Crippen LogP contribution < -0.4 is 11.1 Å². The summed E-state index contributed by atoms with van der Waals surface area (Å²) in [6, 6.07) is 6.49. The molecule has 3 nitrogen and oxygen atoms in total. The van der Waals surface area contributed by atoms with Gasteiger partial charge in [-0.25, -0.2) is 8.78 Å². The SMILES string of the molecule is NCC(F)(F)CNC(=O)c1cccc(Br)c1. The molecule has 0 unspecified atom stereocenters. The molecule has 16 heavy (non-hydrogen) atoms. The normalized spacial score (nSPS) is 11.2. The molecule has 1 amide bonds. The predicted octanol–water partition coefficient (Wildman–Crippen LogP) is 1.77. The van der Waals surface area contributed by atoms with Crippen molar-refractivity contribution in [3.63, 3.8) is 0 Å². The van der Waals surface area contributed by atoms with Crippen LogP contribution in [0.4, 0.5) is 8.78 Å². The molecule has 0 radical (unpaired) electrons. The zero-order valence-electron chi connectivity index (χ0n) is 8.34. The van der Waals surface area contributed by atoms with Gasteiger partial charge in [0.25, 0.3) is 11.8 Å². The highest BCUT2D eigenvalue weighted by molar-refractivity contribution is 9.10. The lowest BCUT2D eigenvalue weighted by molar-refractivity contribution is 0.0118. The van der Waals surface area contributed by atoms with E-state index in [-0.39, 0.29) is 0 Å². The second-order valence-electron chi connectivity index (χ2n) is 3.25. The van der Waals surface area contributed by atoms with Gasteiger partial charge in [0.2, 0.25) is 0 Å². The maximum absolute atomic E-state index is 12.8. The quantitative estimate of drug-likeness (QED) is 0.889. The summed E-state index contributed by atoms with van der Waals surface area (Å²) in [5, 5.41) is 2.13. The molecule has 0 spiro atoms. The summed E-state index contributed by atoms with van der Waals surface area (Å²) < 4.78 is 26.2. The zero-order valence-corrected chi connectivity index (χ0v) is 9.93. The second kappa shape index (κ2) is 5.36. The molecular weight excluding hydrogens is 282 g/mol. The Bertz CT molecular complexity index is 385. The number of halogens is 3. The molecule has 0 saturated heterocycles. The fraction of sp³-hybridized carbons (Fsp3) is 0.300. The van der Waals surface area contributed by atoms with E-state index in [1.807, 2.05) is 0 Å². The molecule has 0 aromatic heterocycles. The average molecular weight is 293 g/mol. The molecule has 6 heteroatoms. The molecule has 0 fully saturated rings. The number of hydrogen-bond donors (Lipinski definition) is 2. The van der Waals surface area contributed by atoms with Crippen molar-refractivity contribution in [3.05, 3.63) is 34.3 Å². The standard InChI is InChI=1S/C10H11BrF2N2O/c11-8-3-1-2-7(4-8)9(16)15-6-10(12,13)5-14/h1-4H,5-6,14H2,(H,15,16). The minimum absolute atomic E-state index is 0.321. The van der Waals surface area contributed by atoms with Crippen molar-refractivity contribution < 1.29 is 13.6 Å². The van der Waals surface area contributed by atoms with Crippen LogP contribution in [0.25, 0.3) is 0 Å². The van der Waals surface area contributed by atoms with Crippen molar-refractivity contribution in [2.24, 2.45) is 5.73 Å². The summed E-state index contributed by atoms with van der Waals surface area (Å²) in [5.41, 5.74) is 5.17. The zero-order chi connectivity index (χ0) is 12.2. The number of rotatable bonds is 4. The van der Waals surface area contributed by atoms with Crippen LogP contribution in [0.3, 0.4) is 0 Å². The summed E-state index contributed by atoms with van der Waals surface area (Å²) in [5.74, 6) is -3.61. The van der Waals surface area contributed by atoms with Gasteiger partial charge >= 0.3 is 0 Å². The molecule has 1 aromatic rings. The van der Waals surface area contributed by atoms with Gasteiger partial charge < -0.3 is 11.1 Å². The minimum atomic E-state index is -3.07. The Balaban J connectivity index is 2.60. The van der Waals surface area contributed by atoms with E-state index in [2.05, 4.69) is 21.2 Å². The van der Waals surface area contributed by atoms with Crippen LogP contribution in [-0.4, -0.2) is 24.9 Å². The number of nitrogens with one attached hydrogen (secondary N) is 1. The monoisotopic (exact) mass is 292 g/mol. The Morgan fingerprint density at radius 1 is 1.50 bits per heavy atom. The fourth-order valence-corrected chi connectivity index (χ4v) is 1.41. The third kappa shape index (κ3) is 3.86. The number of carbonyl (C=O) groups is 1. The molecule has 0 saturated carbocycles. The first-order valence-electron chi connectivity index (χ1n) is 4.56. The molecule has 0 bridgehead atoms. The van der Waals surface area contributed by atoms with Gasteiger partial charge in [0, 0.05) is 10.0 Å². The molecule has 0 aliphatic carbocycles. The van der Waals surface area contributed by atoms with Crippen molar-refractivity contribution in [1.82, 2.24) is 5.32 Å². The molecule has 88 valence electrons. The van der Waals surface area contributed by atoms with Gasteiger partial charge in [-0.05, 0) is 18.2 Å². The van der Waals surface area contributed by atoms with Crippen molar-refractivity contribution >= 4 is 21.8 Å². The number of benzene rings is 1. The summed E-state index contributed by atoms with van der Waals surface area (Å²) in [7, 11) is 0. The van der Waals surface area contributed by atoms with Gasteiger partial charge in [-0.15, -0.1) is 0 Å². The van der Waals surface area contributed by atoms with Gasteiger partial charge in [0.1, 0.15) is 0 Å². The van der Waals surface area contributed by atoms with E-state index in [0.29, 0.717) is 10.0 Å². The van der Waals surface area contributed by atoms with Crippen LogP contribution in [0, 0.1) is 0 Å². The van der Waals surface area contributed by atoms with Crippen molar-refractivity contribution in [2.45, 2.75) is 5.92 Å². The summed E-state index contributed by atoms with van der Waals surface area (Å²) in [4.78, 5) is 11.5. The number of alkyl halides is 2. The topological polar surface area (TPSA) is 55.1 Å². The van der Waals surface area contributed by atoms with E-state index in [1.165, 1.54) is 0 Å². The lowest BCUT2D eigenvalue weighted by atomic mass is 10.2. The van der Waals surface area contributed by atoms with Gasteiger partial charge in [-0.1, -0.05) is 22.0 Å². The molecule has 0 aliphatic heterocycles. The van der Waals surface area contributed by atoms with E-state index in [9.17, 15) is 13.6 Å². The summed E-state index contributed by atoms with van der Waals surface area (Å²) in [6.07, 6.45) is 0. The molecular formula is C10H11BrF2N2O. The third-order valence-corrected chi connectivity index (χ3v) is 2.39. The van der Waals surface area contributed by atoms with E-state index < -0.39 is 24.9 Å². The number of amides is 1. The van der Waals surface area contributed by atoms with Crippen molar-refractivity contribution in [2.75, 3.05) is 13.1 Å². The van der Waals surface area contributed by atoms with E-state index >= 15 is 0 Å². The van der Waals surface area contributed by atoms with Crippen molar-refractivity contribution in [3.8, 4) is 0 Å². The Kier molecular flexibility index (Phi) is 4.37. The van der Waals surface area contributed by atoms with Gasteiger partial charge in [-0.3, -0.25) is 4.79 Å². The third-order valence-electron chi connectivity index (χ3n) is 1.89. The van der Waals surface area contributed by atoms with Crippen LogP contribution in [0.1, 0.15) is 10.4 Å². The van der Waals surface area contributed by atoms with Gasteiger partial charge in [-0.2, -0.15) is 0 Å². The first-order chi connectivity index (χ1) is 7.44. The van der Waals surface area contributed by atoms with Crippen LogP contribution >= 0.6 is 15.9 Å². The lowest BCUT2D eigenvalue weighted by Gasteiger charge is -2.14. The highest BCUT2D eigenvalue weighted by Gasteiger charge is 2.27. The summed E-state index contributed by atoms with van der Waals surface area (Å²) >= 11 is 3.19. The average Bonchev–Trinajstić information content (AvgIpc) is 2.26. The van der Waals surface area contributed by atoms with Crippen LogP contribution in [0.5, 0.6) is 0 Å². The number of hydrogen-bond acceptors (Lipinski definition) is 2. The van der Waals surface area contributed by atoms with E-state index in [4.69, 9.17) is 5.73 Å². The largest absolute Gasteiger partial charge is 0.346 e. The maximum Gasteiger partial charge on any atom is 0.277 e. The Hall–Kier alpha value is -1.01. The molecule has 0 atom stereocenters. The van der Waals surface area contributed by atoms with E-state index in [1.54, 1.807) is 24.3 Å². The highest BCUT2D eigenvalue weighted by atomic mass is 79.9. The predicted molar refractivity (Wildman–Crippen MR) is 60.5 cm³/mol. The molecule has 0 aliphatic rings. The molecule has 0 heterocycles. The fourth-order valence-electron chi connectivity index (χ4n) is 1.01. The maximum atomic E-state index is 12.8. The smallest absolute Gasteiger partial charge is 0.277 e. The Morgan fingerprint density at radius 2 is 2.19 bits per heavy atom. The molecule has 1 aromatic carbocycles. The Labute approximate surface area is 100 Å². The van der Waals surface area contributed by atoms with Gasteiger partial charge in [0.05, 0.1) is 13.1 Å². The van der Waals surface area contributed by atoms with Crippen LogP contribution in [-0.2, 0) is 0 Å². The van der Waals surface area contributed by atoms with E-state index in [0.717, 1.165) is 0 Å². The van der Waals surface area contributed by atoms with Crippen LogP contribution in [0.2, 0.25) is 0 Å². The lowest BCUT2D eigenvalue weighted by Crippen LogP contribution is -2.41. The second-order valence-corrected chi connectivity index (χ2v) is 4.17. The highest BCUT2D eigenvalue weighted by Crippen LogP contribution is 2.12. The first-order valence-corrected chi connectivity index (χ1v) is 5.35. The molecule has 3 N–H and O–H groups in total. The first kappa shape index (κ1) is 13.1. The van der Waals surface area contributed by atoms with Crippen molar-refractivity contribution in [1.29, 1.82) is 0 Å².